The molecule has 1 amide bonds. The number of likely N-dealkylation sites (N-methyl/N-ethyl adjacent to an activating group) is 1. The Balaban J connectivity index is 1.33. The zero-order valence-electron chi connectivity index (χ0n) is 19.1. The zero-order chi connectivity index (χ0) is 20.0. The number of quaternary nitrogens is 1. The first-order chi connectivity index (χ1) is 13.2. The van der Waals surface area contributed by atoms with Gasteiger partial charge in [0.2, 0.25) is 5.91 Å². The van der Waals surface area contributed by atoms with Crippen LogP contribution in [-0.4, -0.2) is 44.6 Å². The lowest BCUT2D eigenvalue weighted by molar-refractivity contribution is -0.869. The molecule has 6 unspecified atom stereocenters. The predicted octanol–water partition coefficient (Wildman–Crippen LogP) is 5.00. The van der Waals surface area contributed by atoms with E-state index in [1.54, 1.807) is 0 Å². The second kappa shape index (κ2) is 7.60. The van der Waals surface area contributed by atoms with Crippen LogP contribution in [0.2, 0.25) is 0 Å². The normalized spacial score (nSPS) is 43.0. The van der Waals surface area contributed by atoms with Gasteiger partial charge >= 0.3 is 0 Å². The number of carbonyl (C=O) groups is 1. The molecular weight excluding hydrogens is 344 g/mol. The monoisotopic (exact) mass is 389 g/mol. The third-order valence-corrected chi connectivity index (χ3v) is 9.59. The molecule has 4 saturated carbocycles. The first kappa shape index (κ1) is 20.7. The van der Waals surface area contributed by atoms with Gasteiger partial charge in [-0.05, 0) is 98.7 Å². The molecule has 4 aliphatic carbocycles. The summed E-state index contributed by atoms with van der Waals surface area (Å²) >= 11 is 0. The Morgan fingerprint density at radius 2 is 1.86 bits per heavy atom. The van der Waals surface area contributed by atoms with E-state index in [0.29, 0.717) is 22.7 Å². The van der Waals surface area contributed by atoms with E-state index in [9.17, 15) is 4.79 Å². The maximum absolute atomic E-state index is 12.5. The first-order valence-electron chi connectivity index (χ1n) is 12.3. The number of carbonyl (C=O) groups excluding carboxylic acids is 1. The molecule has 4 fully saturated rings. The summed E-state index contributed by atoms with van der Waals surface area (Å²) in [5.41, 5.74) is 1.30. The largest absolute Gasteiger partial charge is 0.350 e. The molecule has 3 nitrogen and oxygen atoms in total. The molecule has 0 radical (unpaired) electrons. The maximum atomic E-state index is 12.5. The van der Waals surface area contributed by atoms with Gasteiger partial charge in [0.25, 0.3) is 0 Å². The summed E-state index contributed by atoms with van der Waals surface area (Å²) in [7, 11) is 6.55. The van der Waals surface area contributed by atoms with E-state index < -0.39 is 0 Å². The van der Waals surface area contributed by atoms with E-state index in [-0.39, 0.29) is 0 Å². The molecular formula is C25H45N2O+. The van der Waals surface area contributed by atoms with E-state index in [1.165, 1.54) is 70.6 Å². The van der Waals surface area contributed by atoms with Gasteiger partial charge in [-0.1, -0.05) is 13.3 Å². The van der Waals surface area contributed by atoms with Crippen LogP contribution in [0.15, 0.2) is 0 Å². The highest BCUT2D eigenvalue weighted by atomic mass is 16.1. The van der Waals surface area contributed by atoms with Crippen molar-refractivity contribution < 1.29 is 9.28 Å². The zero-order valence-corrected chi connectivity index (χ0v) is 19.1. The Morgan fingerprint density at radius 3 is 2.64 bits per heavy atom. The standard InChI is InChI=1S/C25H44N2O/c1-24-10-5-6-22(24)20-7-8-21-16-19(9-11-25(21,18-20)13-12-24)17-23(28)26-14-15-27(2,3)4/h19-22H,5-18H2,1-4H3/p+1. The SMILES string of the molecule is CC12CCCC1C1CCC3CC(CC(=O)NCC[N+](C)(C)C)CCC3(CC2)C1. The van der Waals surface area contributed by atoms with Crippen molar-refractivity contribution in [2.75, 3.05) is 34.2 Å². The number of fused-ring (bicyclic) bond motifs is 3. The molecule has 160 valence electrons. The molecule has 28 heavy (non-hydrogen) atoms. The number of amides is 1. The molecule has 6 atom stereocenters. The molecule has 0 aromatic carbocycles. The Labute approximate surface area is 173 Å². The van der Waals surface area contributed by atoms with E-state index in [0.717, 1.165) is 41.7 Å². The lowest BCUT2D eigenvalue weighted by Gasteiger charge is -2.52. The van der Waals surface area contributed by atoms with Crippen molar-refractivity contribution in [1.29, 1.82) is 0 Å². The summed E-state index contributed by atoms with van der Waals surface area (Å²) in [5.74, 6) is 3.88. The highest BCUT2D eigenvalue weighted by molar-refractivity contribution is 5.76. The highest BCUT2D eigenvalue weighted by Crippen LogP contribution is 2.65. The molecule has 4 rings (SSSR count). The first-order valence-corrected chi connectivity index (χ1v) is 12.3. The van der Waals surface area contributed by atoms with Gasteiger partial charge in [-0.3, -0.25) is 4.79 Å². The lowest BCUT2D eigenvalue weighted by Crippen LogP contribution is -2.44. The van der Waals surface area contributed by atoms with E-state index in [4.69, 9.17) is 0 Å². The predicted molar refractivity (Wildman–Crippen MR) is 116 cm³/mol. The Bertz CT molecular complexity index is 582. The summed E-state index contributed by atoms with van der Waals surface area (Å²) in [6, 6.07) is 0. The van der Waals surface area contributed by atoms with Gasteiger partial charge in [0.05, 0.1) is 34.2 Å². The minimum atomic E-state index is 0.297. The van der Waals surface area contributed by atoms with Crippen molar-refractivity contribution in [2.24, 2.45) is 34.5 Å². The quantitative estimate of drug-likeness (QED) is 0.659. The molecule has 0 aromatic heterocycles. The molecule has 3 heteroatoms. The highest BCUT2D eigenvalue weighted by Gasteiger charge is 2.55. The molecule has 1 spiro atoms. The van der Waals surface area contributed by atoms with Crippen LogP contribution in [0.4, 0.5) is 0 Å². The van der Waals surface area contributed by atoms with Gasteiger partial charge < -0.3 is 9.80 Å². The van der Waals surface area contributed by atoms with Crippen LogP contribution >= 0.6 is 0 Å². The van der Waals surface area contributed by atoms with Gasteiger partial charge in [-0.15, -0.1) is 0 Å². The third kappa shape index (κ3) is 4.16. The van der Waals surface area contributed by atoms with Gasteiger partial charge in [-0.25, -0.2) is 0 Å². The molecule has 0 aliphatic heterocycles. The molecule has 2 bridgehead atoms. The van der Waals surface area contributed by atoms with Gasteiger partial charge in [0.15, 0.2) is 0 Å². The topological polar surface area (TPSA) is 29.1 Å². The Morgan fingerprint density at radius 1 is 1.04 bits per heavy atom. The Kier molecular flexibility index (Phi) is 5.61. The number of hydrogen-bond acceptors (Lipinski definition) is 1. The number of rotatable bonds is 5. The fourth-order valence-electron chi connectivity index (χ4n) is 7.93. The molecule has 0 saturated heterocycles. The van der Waals surface area contributed by atoms with Crippen molar-refractivity contribution in [3.63, 3.8) is 0 Å². The van der Waals surface area contributed by atoms with E-state index >= 15 is 0 Å². The van der Waals surface area contributed by atoms with Crippen LogP contribution in [0.25, 0.3) is 0 Å². The smallest absolute Gasteiger partial charge is 0.220 e. The minimum absolute atomic E-state index is 0.297. The molecule has 1 N–H and O–H groups in total. The number of nitrogens with zero attached hydrogens (tertiary/aromatic N) is 1. The fraction of sp³-hybridized carbons (Fsp3) is 0.960. The van der Waals surface area contributed by atoms with Crippen molar-refractivity contribution in [2.45, 2.75) is 84.0 Å². The van der Waals surface area contributed by atoms with Crippen LogP contribution < -0.4 is 5.32 Å². The van der Waals surface area contributed by atoms with Gasteiger partial charge in [0.1, 0.15) is 0 Å². The number of hydrogen-bond donors (Lipinski definition) is 1. The summed E-state index contributed by atoms with van der Waals surface area (Å²) in [4.78, 5) is 12.5. The summed E-state index contributed by atoms with van der Waals surface area (Å²) in [6.45, 7) is 4.44. The van der Waals surface area contributed by atoms with Gasteiger partial charge in [-0.2, -0.15) is 0 Å². The van der Waals surface area contributed by atoms with Crippen LogP contribution in [0.3, 0.4) is 0 Å². The Hall–Kier alpha value is -0.570. The average Bonchev–Trinajstić information content (AvgIpc) is 2.97. The van der Waals surface area contributed by atoms with Crippen molar-refractivity contribution in [3.8, 4) is 0 Å². The summed E-state index contributed by atoms with van der Waals surface area (Å²) in [6.07, 6.45) is 16.7. The lowest BCUT2D eigenvalue weighted by atomic mass is 9.53. The van der Waals surface area contributed by atoms with Crippen molar-refractivity contribution >= 4 is 5.91 Å². The fourth-order valence-corrected chi connectivity index (χ4v) is 7.93. The average molecular weight is 390 g/mol. The maximum Gasteiger partial charge on any atom is 0.220 e. The number of nitrogens with one attached hydrogen (secondary N) is 1. The summed E-state index contributed by atoms with van der Waals surface area (Å²) < 4.78 is 0.912. The third-order valence-electron chi connectivity index (χ3n) is 9.59. The van der Waals surface area contributed by atoms with Gasteiger partial charge in [0, 0.05) is 6.42 Å². The van der Waals surface area contributed by atoms with E-state index in [1.807, 2.05) is 0 Å². The van der Waals surface area contributed by atoms with E-state index in [2.05, 4.69) is 33.4 Å². The van der Waals surface area contributed by atoms with Crippen molar-refractivity contribution in [3.05, 3.63) is 0 Å². The van der Waals surface area contributed by atoms with Crippen LogP contribution in [0.5, 0.6) is 0 Å². The van der Waals surface area contributed by atoms with Crippen LogP contribution in [0, 0.1) is 34.5 Å². The summed E-state index contributed by atoms with van der Waals surface area (Å²) in [5, 5.41) is 3.19. The second-order valence-electron chi connectivity index (χ2n) is 12.5. The van der Waals surface area contributed by atoms with Crippen LogP contribution in [0.1, 0.15) is 84.0 Å². The molecule has 0 aromatic rings. The minimum Gasteiger partial charge on any atom is -0.350 e. The van der Waals surface area contributed by atoms with Crippen molar-refractivity contribution in [1.82, 2.24) is 5.32 Å². The second-order valence-corrected chi connectivity index (χ2v) is 12.5. The molecule has 0 heterocycles. The van der Waals surface area contributed by atoms with Crippen LogP contribution in [-0.2, 0) is 4.79 Å². The molecule has 4 aliphatic rings.